The number of rotatable bonds is 6. The van der Waals surface area contributed by atoms with Crippen molar-refractivity contribution in [3.63, 3.8) is 0 Å². The summed E-state index contributed by atoms with van der Waals surface area (Å²) in [4.78, 5) is 11.9. The topological polar surface area (TPSA) is 58.6 Å². The van der Waals surface area contributed by atoms with Crippen LogP contribution in [0.3, 0.4) is 0 Å². The average Bonchev–Trinajstić information content (AvgIpc) is 2.34. The van der Waals surface area contributed by atoms with E-state index in [0.29, 0.717) is 22.2 Å². The molecule has 1 unspecified atom stereocenters. The van der Waals surface area contributed by atoms with E-state index >= 15 is 0 Å². The number of ether oxygens (including phenoxy) is 1. The van der Waals surface area contributed by atoms with E-state index in [1.165, 1.54) is 18.2 Å². The van der Waals surface area contributed by atoms with Crippen molar-refractivity contribution in [3.05, 3.63) is 33.1 Å². The van der Waals surface area contributed by atoms with Crippen molar-refractivity contribution in [3.8, 4) is 0 Å². The first-order valence-corrected chi connectivity index (χ1v) is 6.52. The van der Waals surface area contributed by atoms with Crippen LogP contribution in [0, 0.1) is 9.39 Å². The second kappa shape index (κ2) is 7.65. The summed E-state index contributed by atoms with van der Waals surface area (Å²) >= 11 is 1.90. The van der Waals surface area contributed by atoms with Gasteiger partial charge in [0, 0.05) is 17.3 Å². The molecule has 0 aliphatic rings. The Hall–Kier alpha value is -0.730. The molecule has 0 aliphatic carbocycles. The first-order chi connectivity index (χ1) is 8.58. The van der Waals surface area contributed by atoms with E-state index in [9.17, 15) is 9.18 Å². The number of amides is 1. The number of halogens is 2. The first kappa shape index (κ1) is 15.3. The van der Waals surface area contributed by atoms with Gasteiger partial charge in [0.15, 0.2) is 0 Å². The van der Waals surface area contributed by atoms with Crippen LogP contribution in [0.25, 0.3) is 0 Å². The minimum absolute atomic E-state index is 0.160. The van der Waals surface area contributed by atoms with E-state index in [1.54, 1.807) is 7.11 Å². The van der Waals surface area contributed by atoms with Crippen molar-refractivity contribution in [2.75, 3.05) is 20.3 Å². The zero-order valence-corrected chi connectivity index (χ0v) is 12.1. The van der Waals surface area contributed by atoms with E-state index in [4.69, 9.17) is 9.84 Å². The molecular formula is C12H15FINO3. The summed E-state index contributed by atoms with van der Waals surface area (Å²) < 4.78 is 18.3. The number of nitrogens with one attached hydrogen (secondary N) is 1. The molecule has 1 amide bonds. The molecule has 18 heavy (non-hydrogen) atoms. The van der Waals surface area contributed by atoms with E-state index in [-0.39, 0.29) is 24.4 Å². The van der Waals surface area contributed by atoms with Crippen molar-refractivity contribution >= 4 is 28.5 Å². The van der Waals surface area contributed by atoms with Crippen molar-refractivity contribution in [1.82, 2.24) is 5.32 Å². The Kier molecular flexibility index (Phi) is 6.51. The summed E-state index contributed by atoms with van der Waals surface area (Å²) in [6.45, 7) is 0.291. The molecule has 0 fully saturated rings. The van der Waals surface area contributed by atoms with Crippen molar-refractivity contribution in [2.45, 2.75) is 12.5 Å². The fourth-order valence-corrected chi connectivity index (χ4v) is 2.13. The van der Waals surface area contributed by atoms with Gasteiger partial charge >= 0.3 is 0 Å². The third-order valence-electron chi connectivity index (χ3n) is 2.40. The summed E-state index contributed by atoms with van der Waals surface area (Å²) in [5, 5.41) is 11.8. The third kappa shape index (κ3) is 4.51. The Labute approximate surface area is 119 Å². The van der Waals surface area contributed by atoms with Crippen LogP contribution in [0.2, 0.25) is 0 Å². The highest BCUT2D eigenvalue weighted by molar-refractivity contribution is 14.1. The van der Waals surface area contributed by atoms with Crippen LogP contribution in [0.5, 0.6) is 0 Å². The summed E-state index contributed by atoms with van der Waals surface area (Å²) in [6, 6.07) is 3.59. The van der Waals surface area contributed by atoms with Gasteiger partial charge in [0.1, 0.15) is 5.82 Å². The minimum Gasteiger partial charge on any atom is -0.394 e. The quantitative estimate of drug-likeness (QED) is 0.751. The van der Waals surface area contributed by atoms with Crippen LogP contribution in [0.4, 0.5) is 4.39 Å². The molecule has 4 nitrogen and oxygen atoms in total. The third-order valence-corrected chi connectivity index (χ3v) is 3.29. The van der Waals surface area contributed by atoms with Crippen LogP contribution in [-0.2, 0) is 4.74 Å². The van der Waals surface area contributed by atoms with Gasteiger partial charge < -0.3 is 15.2 Å². The highest BCUT2D eigenvalue weighted by Gasteiger charge is 2.15. The maximum absolute atomic E-state index is 12.9. The monoisotopic (exact) mass is 367 g/mol. The lowest BCUT2D eigenvalue weighted by Gasteiger charge is -2.16. The molecule has 1 aromatic carbocycles. The van der Waals surface area contributed by atoms with Crippen LogP contribution in [0.15, 0.2) is 18.2 Å². The Morgan fingerprint density at radius 3 is 2.89 bits per heavy atom. The van der Waals surface area contributed by atoms with Gasteiger partial charge in [0.2, 0.25) is 0 Å². The molecule has 0 heterocycles. The summed E-state index contributed by atoms with van der Waals surface area (Å²) in [6.07, 6.45) is 0.524. The van der Waals surface area contributed by atoms with Gasteiger partial charge in [-0.1, -0.05) is 0 Å². The number of carbonyl (C=O) groups excluding carboxylic acids is 1. The Morgan fingerprint density at radius 1 is 1.61 bits per heavy atom. The Bertz CT molecular complexity index is 414. The first-order valence-electron chi connectivity index (χ1n) is 5.44. The van der Waals surface area contributed by atoms with Gasteiger partial charge in [0.05, 0.1) is 18.2 Å². The van der Waals surface area contributed by atoms with E-state index in [2.05, 4.69) is 5.32 Å². The number of carbonyl (C=O) groups is 1. The summed E-state index contributed by atoms with van der Waals surface area (Å²) in [7, 11) is 1.55. The van der Waals surface area contributed by atoms with Crippen LogP contribution >= 0.6 is 22.6 Å². The average molecular weight is 367 g/mol. The molecule has 6 heteroatoms. The molecule has 100 valence electrons. The molecule has 0 bridgehead atoms. The number of aliphatic hydroxyl groups is 1. The second-order valence-electron chi connectivity index (χ2n) is 3.76. The Balaban J connectivity index is 2.68. The number of aliphatic hydroxyl groups excluding tert-OH is 1. The zero-order valence-electron chi connectivity index (χ0n) is 9.95. The zero-order chi connectivity index (χ0) is 13.5. The second-order valence-corrected chi connectivity index (χ2v) is 4.92. The predicted molar refractivity (Wildman–Crippen MR) is 74.0 cm³/mol. The standard InChI is InChI=1S/C12H15FINO3/c1-18-5-4-9(7-16)15-12(17)10-3-2-8(13)6-11(10)14/h2-3,6,9,16H,4-5,7H2,1H3,(H,15,17). The maximum Gasteiger partial charge on any atom is 0.252 e. The van der Waals surface area contributed by atoms with E-state index in [1.807, 2.05) is 22.6 Å². The van der Waals surface area contributed by atoms with Gasteiger partial charge in [-0.15, -0.1) is 0 Å². The molecular weight excluding hydrogens is 352 g/mol. The summed E-state index contributed by atoms with van der Waals surface area (Å²) in [5.74, 6) is -0.705. The number of hydrogen-bond donors (Lipinski definition) is 2. The number of methoxy groups -OCH3 is 1. The smallest absolute Gasteiger partial charge is 0.252 e. The number of benzene rings is 1. The lowest BCUT2D eigenvalue weighted by molar-refractivity contribution is 0.0894. The normalized spacial score (nSPS) is 12.2. The molecule has 0 radical (unpaired) electrons. The fourth-order valence-electron chi connectivity index (χ4n) is 1.41. The van der Waals surface area contributed by atoms with E-state index in [0.717, 1.165) is 0 Å². The van der Waals surface area contributed by atoms with Crippen molar-refractivity contribution in [1.29, 1.82) is 0 Å². The molecule has 1 rings (SSSR count). The van der Waals surface area contributed by atoms with Gasteiger partial charge in [-0.05, 0) is 47.2 Å². The lowest BCUT2D eigenvalue weighted by atomic mass is 10.1. The number of hydrogen-bond acceptors (Lipinski definition) is 3. The molecule has 0 saturated carbocycles. The highest BCUT2D eigenvalue weighted by Crippen LogP contribution is 2.14. The molecule has 1 atom stereocenters. The van der Waals surface area contributed by atoms with Crippen LogP contribution in [0.1, 0.15) is 16.8 Å². The highest BCUT2D eigenvalue weighted by atomic mass is 127. The minimum atomic E-state index is -0.381. The fraction of sp³-hybridized carbons (Fsp3) is 0.417. The SMILES string of the molecule is COCCC(CO)NC(=O)c1ccc(F)cc1I. The molecule has 0 aliphatic heterocycles. The maximum atomic E-state index is 12.9. The van der Waals surface area contributed by atoms with Crippen molar-refractivity contribution in [2.24, 2.45) is 0 Å². The van der Waals surface area contributed by atoms with Gasteiger partial charge in [-0.25, -0.2) is 4.39 Å². The van der Waals surface area contributed by atoms with E-state index < -0.39 is 0 Å². The molecule has 0 spiro atoms. The van der Waals surface area contributed by atoms with Crippen LogP contribution < -0.4 is 5.32 Å². The van der Waals surface area contributed by atoms with Crippen molar-refractivity contribution < 1.29 is 19.0 Å². The Morgan fingerprint density at radius 2 is 2.33 bits per heavy atom. The van der Waals surface area contributed by atoms with Gasteiger partial charge in [-0.3, -0.25) is 4.79 Å². The molecule has 1 aromatic rings. The largest absolute Gasteiger partial charge is 0.394 e. The molecule has 0 aromatic heterocycles. The predicted octanol–water partition coefficient (Wildman–Crippen LogP) is 1.56. The van der Waals surface area contributed by atoms with Gasteiger partial charge in [-0.2, -0.15) is 0 Å². The lowest BCUT2D eigenvalue weighted by Crippen LogP contribution is -2.38. The van der Waals surface area contributed by atoms with Crippen LogP contribution in [-0.4, -0.2) is 37.4 Å². The van der Waals surface area contributed by atoms with Gasteiger partial charge in [0.25, 0.3) is 5.91 Å². The summed E-state index contributed by atoms with van der Waals surface area (Å²) in [5.41, 5.74) is 0.396. The molecule has 2 N–H and O–H groups in total. The molecule has 0 saturated heterocycles.